The molecule has 1 heterocycles. The van der Waals surface area contributed by atoms with Gasteiger partial charge in [0.05, 0.1) is 5.75 Å². The molecule has 0 aliphatic rings. The van der Waals surface area contributed by atoms with Gasteiger partial charge in [0, 0.05) is 36.8 Å². The maximum Gasteiger partial charge on any atom is 0.290 e. The molecule has 0 saturated heterocycles. The number of amides is 1. The number of fused-ring (bicyclic) bond motifs is 1. The maximum absolute atomic E-state index is 13.6. The highest BCUT2D eigenvalue weighted by molar-refractivity contribution is 7.89. The van der Waals surface area contributed by atoms with Gasteiger partial charge in [-0.2, -0.15) is 0 Å². The lowest BCUT2D eigenvalue weighted by Crippen LogP contribution is -2.36. The Hall–Kier alpha value is -2.71. The Labute approximate surface area is 175 Å². The molecule has 0 spiro atoms. The Morgan fingerprint density at radius 3 is 2.47 bits per heavy atom. The van der Waals surface area contributed by atoms with Gasteiger partial charge >= 0.3 is 0 Å². The van der Waals surface area contributed by atoms with Crippen molar-refractivity contribution in [1.82, 2.24) is 9.80 Å². The van der Waals surface area contributed by atoms with E-state index in [0.29, 0.717) is 35.2 Å². The first kappa shape index (κ1) is 22.0. The maximum atomic E-state index is 13.6. The number of nitrogens with zero attached hydrogens (tertiary/aromatic N) is 2. The topological polar surface area (TPSA) is 70.8 Å². The summed E-state index contributed by atoms with van der Waals surface area (Å²) in [4.78, 5) is 16.9. The summed E-state index contributed by atoms with van der Waals surface area (Å²) in [5.41, 5.74) is 1.45. The van der Waals surface area contributed by atoms with E-state index in [4.69, 9.17) is 4.42 Å². The van der Waals surface area contributed by atoms with Crippen LogP contribution in [0.25, 0.3) is 11.0 Å². The van der Waals surface area contributed by atoms with E-state index in [1.165, 1.54) is 12.1 Å². The summed E-state index contributed by atoms with van der Waals surface area (Å²) < 4.78 is 43.5. The highest BCUT2D eigenvalue weighted by atomic mass is 32.2. The van der Waals surface area contributed by atoms with Gasteiger partial charge in [0.15, 0.2) is 15.6 Å². The van der Waals surface area contributed by atoms with E-state index in [1.807, 2.05) is 19.0 Å². The lowest BCUT2D eigenvalue weighted by Gasteiger charge is -2.24. The summed E-state index contributed by atoms with van der Waals surface area (Å²) in [5, 5.41) is 0.601. The number of halogens is 1. The normalized spacial score (nSPS) is 11.9. The fourth-order valence-electron chi connectivity index (χ4n) is 3.25. The fraction of sp³-hybridized carbons (Fsp3) is 0.318. The molecule has 0 N–H and O–H groups in total. The van der Waals surface area contributed by atoms with E-state index in [2.05, 4.69) is 0 Å². The summed E-state index contributed by atoms with van der Waals surface area (Å²) in [6, 6.07) is 13.0. The second-order valence-electron chi connectivity index (χ2n) is 7.64. The third kappa shape index (κ3) is 5.46. The molecule has 0 fully saturated rings. The summed E-state index contributed by atoms with van der Waals surface area (Å²) in [7, 11) is 0.381. The van der Waals surface area contributed by atoms with E-state index >= 15 is 0 Å². The fourth-order valence-corrected chi connectivity index (χ4v) is 4.06. The summed E-state index contributed by atoms with van der Waals surface area (Å²) in [5.74, 6) is -1.09. The monoisotopic (exact) mass is 432 g/mol. The largest absolute Gasteiger partial charge is 0.451 e. The molecule has 3 aromatic rings. The van der Waals surface area contributed by atoms with Crippen molar-refractivity contribution in [2.24, 2.45) is 0 Å². The average molecular weight is 433 g/mol. The van der Waals surface area contributed by atoms with Crippen LogP contribution in [0.2, 0.25) is 0 Å². The van der Waals surface area contributed by atoms with Gasteiger partial charge < -0.3 is 14.2 Å². The highest BCUT2D eigenvalue weighted by Gasteiger charge is 2.27. The van der Waals surface area contributed by atoms with Crippen LogP contribution < -0.4 is 0 Å². The average Bonchev–Trinajstić information content (AvgIpc) is 3.01. The third-order valence-corrected chi connectivity index (χ3v) is 5.48. The second-order valence-corrected chi connectivity index (χ2v) is 9.78. The Balaban J connectivity index is 2.02. The van der Waals surface area contributed by atoms with Crippen molar-refractivity contribution in [3.8, 4) is 0 Å². The predicted molar refractivity (Wildman–Crippen MR) is 114 cm³/mol. The van der Waals surface area contributed by atoms with Gasteiger partial charge in [-0.3, -0.25) is 4.79 Å². The molecule has 2 aromatic carbocycles. The van der Waals surface area contributed by atoms with Crippen LogP contribution in [-0.4, -0.2) is 57.6 Å². The van der Waals surface area contributed by atoms with E-state index in [-0.39, 0.29) is 23.9 Å². The number of sulfone groups is 1. The molecule has 0 aliphatic heterocycles. The van der Waals surface area contributed by atoms with Crippen molar-refractivity contribution < 1.29 is 22.0 Å². The van der Waals surface area contributed by atoms with Crippen LogP contribution in [0.4, 0.5) is 4.39 Å². The molecule has 30 heavy (non-hydrogen) atoms. The number of hydrogen-bond acceptors (Lipinski definition) is 5. The van der Waals surface area contributed by atoms with Crippen LogP contribution >= 0.6 is 0 Å². The first-order valence-electron chi connectivity index (χ1n) is 9.50. The first-order chi connectivity index (χ1) is 14.1. The lowest BCUT2D eigenvalue weighted by atomic mass is 10.1. The van der Waals surface area contributed by atoms with E-state index < -0.39 is 15.7 Å². The molecule has 0 aliphatic carbocycles. The van der Waals surface area contributed by atoms with Crippen molar-refractivity contribution in [1.29, 1.82) is 0 Å². The zero-order chi connectivity index (χ0) is 21.9. The van der Waals surface area contributed by atoms with Crippen molar-refractivity contribution in [2.75, 3.05) is 33.4 Å². The number of hydrogen-bond donors (Lipinski definition) is 0. The van der Waals surface area contributed by atoms with Gasteiger partial charge in [0.25, 0.3) is 5.91 Å². The standard InChI is InChI=1S/C22H25FN2O4S/c1-24(2)11-12-25(14-16-7-6-8-17(23)13-16)22(26)21-19(15-30(3,27)28)18-9-4-5-10-20(18)29-21/h4-10,13H,11-12,14-15H2,1-3H3. The molecule has 0 bridgehead atoms. The minimum absolute atomic E-state index is 0.0109. The minimum atomic E-state index is -3.40. The number of para-hydroxylation sites is 1. The summed E-state index contributed by atoms with van der Waals surface area (Å²) >= 11 is 0. The van der Waals surface area contributed by atoms with Crippen LogP contribution in [0.15, 0.2) is 52.9 Å². The predicted octanol–water partition coefficient (Wildman–Crippen LogP) is 3.32. The van der Waals surface area contributed by atoms with Crippen molar-refractivity contribution in [3.05, 3.63) is 71.2 Å². The second kappa shape index (κ2) is 8.97. The minimum Gasteiger partial charge on any atom is -0.451 e. The zero-order valence-electron chi connectivity index (χ0n) is 17.3. The number of benzene rings is 2. The highest BCUT2D eigenvalue weighted by Crippen LogP contribution is 2.29. The Morgan fingerprint density at radius 2 is 1.80 bits per heavy atom. The van der Waals surface area contributed by atoms with Gasteiger partial charge in [-0.15, -0.1) is 0 Å². The van der Waals surface area contributed by atoms with Crippen LogP contribution in [0.3, 0.4) is 0 Å². The molecule has 0 radical (unpaired) electrons. The van der Waals surface area contributed by atoms with E-state index in [1.54, 1.807) is 41.3 Å². The zero-order valence-corrected chi connectivity index (χ0v) is 18.1. The van der Waals surface area contributed by atoms with Crippen LogP contribution in [-0.2, 0) is 22.1 Å². The molecule has 3 rings (SSSR count). The molecule has 0 saturated carbocycles. The van der Waals surface area contributed by atoms with Gasteiger partial charge in [-0.25, -0.2) is 12.8 Å². The third-order valence-electron chi connectivity index (χ3n) is 4.67. The molecule has 0 unspecified atom stereocenters. The summed E-state index contributed by atoms with van der Waals surface area (Å²) in [6.07, 6.45) is 1.12. The number of carbonyl (C=O) groups is 1. The number of rotatable bonds is 8. The first-order valence-corrected chi connectivity index (χ1v) is 11.6. The van der Waals surface area contributed by atoms with Gasteiger partial charge in [-0.1, -0.05) is 30.3 Å². The van der Waals surface area contributed by atoms with Crippen molar-refractivity contribution >= 4 is 26.7 Å². The van der Waals surface area contributed by atoms with Gasteiger partial charge in [0.2, 0.25) is 0 Å². The Kier molecular flexibility index (Phi) is 6.58. The number of carbonyl (C=O) groups excluding carboxylic acids is 1. The molecular weight excluding hydrogens is 407 g/mol. The van der Waals surface area contributed by atoms with E-state index in [0.717, 1.165) is 6.26 Å². The van der Waals surface area contributed by atoms with Crippen molar-refractivity contribution in [2.45, 2.75) is 12.3 Å². The molecule has 0 atom stereocenters. The molecule has 1 amide bonds. The molecule has 1 aromatic heterocycles. The molecular formula is C22H25FN2O4S. The van der Waals surface area contributed by atoms with Crippen LogP contribution in [0, 0.1) is 5.82 Å². The van der Waals surface area contributed by atoms with Crippen LogP contribution in [0.1, 0.15) is 21.7 Å². The lowest BCUT2D eigenvalue weighted by molar-refractivity contribution is 0.0701. The van der Waals surface area contributed by atoms with Gasteiger partial charge in [-0.05, 0) is 37.9 Å². The molecule has 6 nitrogen and oxygen atoms in total. The molecule has 160 valence electrons. The van der Waals surface area contributed by atoms with E-state index in [9.17, 15) is 17.6 Å². The quantitative estimate of drug-likeness (QED) is 0.546. The summed E-state index contributed by atoms with van der Waals surface area (Å²) in [6.45, 7) is 1.14. The number of likely N-dealkylation sites (N-methyl/N-ethyl adjacent to an activating group) is 1. The van der Waals surface area contributed by atoms with Gasteiger partial charge in [0.1, 0.15) is 11.4 Å². The van der Waals surface area contributed by atoms with Crippen LogP contribution in [0.5, 0.6) is 0 Å². The Morgan fingerprint density at radius 1 is 1.07 bits per heavy atom. The molecule has 8 heteroatoms. The van der Waals surface area contributed by atoms with Crippen molar-refractivity contribution in [3.63, 3.8) is 0 Å². The Bertz CT molecular complexity index is 1150. The smallest absolute Gasteiger partial charge is 0.290 e. The SMILES string of the molecule is CN(C)CCN(Cc1cccc(F)c1)C(=O)c1oc2ccccc2c1CS(C)(=O)=O. The number of furan rings is 1.